The van der Waals surface area contributed by atoms with Crippen molar-refractivity contribution in [2.24, 2.45) is 0 Å². The Labute approximate surface area is 162 Å². The molecule has 5 nitrogen and oxygen atoms in total. The predicted molar refractivity (Wildman–Crippen MR) is 106 cm³/mol. The summed E-state index contributed by atoms with van der Waals surface area (Å²) in [7, 11) is 0. The molecule has 0 aromatic rings. The van der Waals surface area contributed by atoms with E-state index in [-0.39, 0.29) is 19.3 Å². The normalized spacial score (nSPS) is 15.0. The molecule has 2 amide bonds. The second kappa shape index (κ2) is 12.4. The lowest BCUT2D eigenvalue weighted by Crippen LogP contribution is -2.31. The number of rotatable bonds is 14. The van der Waals surface area contributed by atoms with Crippen molar-refractivity contribution in [2.45, 2.75) is 103 Å². The molecule has 0 N–H and O–H groups in total. The first-order chi connectivity index (χ1) is 12.4. The summed E-state index contributed by atoms with van der Waals surface area (Å²) in [5, 5.41) is 0.627. The fourth-order valence-corrected chi connectivity index (χ4v) is 3.79. The Hall–Kier alpha value is -1.04. The van der Waals surface area contributed by atoms with Crippen molar-refractivity contribution in [2.75, 3.05) is 5.75 Å². The second-order valence-corrected chi connectivity index (χ2v) is 9.39. The van der Waals surface area contributed by atoms with Crippen LogP contribution in [0.5, 0.6) is 0 Å². The highest BCUT2D eigenvalue weighted by Crippen LogP contribution is 2.28. The molecule has 1 saturated heterocycles. The van der Waals surface area contributed by atoms with Crippen LogP contribution < -0.4 is 0 Å². The highest BCUT2D eigenvalue weighted by molar-refractivity contribution is 8.00. The lowest BCUT2D eigenvalue weighted by molar-refractivity contribution is -0.197. The van der Waals surface area contributed by atoms with Gasteiger partial charge >= 0.3 is 5.97 Å². The van der Waals surface area contributed by atoms with Gasteiger partial charge in [0.2, 0.25) is 0 Å². The van der Waals surface area contributed by atoms with E-state index in [2.05, 4.69) is 32.5 Å². The number of carbonyl (C=O) groups excluding carboxylic acids is 3. The average molecular weight is 386 g/mol. The fourth-order valence-electron chi connectivity index (χ4n) is 2.69. The first kappa shape index (κ1) is 23.0. The minimum absolute atomic E-state index is 0.140. The van der Waals surface area contributed by atoms with Gasteiger partial charge < -0.3 is 4.84 Å². The standard InChI is InChI=1S/C20H35NO4S/c1-4-20(2,3)26-16-12-10-8-6-5-7-9-11-13-19(24)25-21-17(22)14-15-18(21)23/h4-16H2,1-3H3. The number of amides is 2. The molecule has 0 spiro atoms. The SMILES string of the molecule is CCC(C)(C)SCCCCCCCCCCC(=O)ON1C(=O)CCC1=O. The third-order valence-electron chi connectivity index (χ3n) is 4.82. The summed E-state index contributed by atoms with van der Waals surface area (Å²) >= 11 is 2.08. The van der Waals surface area contributed by atoms with E-state index in [1.54, 1.807) is 0 Å². The molecule has 0 atom stereocenters. The topological polar surface area (TPSA) is 63.7 Å². The second-order valence-electron chi connectivity index (χ2n) is 7.59. The van der Waals surface area contributed by atoms with E-state index in [0.717, 1.165) is 19.3 Å². The minimum Gasteiger partial charge on any atom is -0.330 e. The summed E-state index contributed by atoms with van der Waals surface area (Å²) in [4.78, 5) is 39.2. The zero-order chi connectivity index (χ0) is 19.4. The first-order valence-electron chi connectivity index (χ1n) is 10.1. The van der Waals surface area contributed by atoms with Crippen molar-refractivity contribution in [3.8, 4) is 0 Å². The molecular weight excluding hydrogens is 350 g/mol. The highest BCUT2D eigenvalue weighted by atomic mass is 32.2. The van der Waals surface area contributed by atoms with E-state index in [0.29, 0.717) is 9.81 Å². The summed E-state index contributed by atoms with van der Waals surface area (Å²) in [6.45, 7) is 6.88. The fraction of sp³-hybridized carbons (Fsp3) is 0.850. The third kappa shape index (κ3) is 9.60. The number of nitrogens with zero attached hydrogens (tertiary/aromatic N) is 1. The van der Waals surface area contributed by atoms with Crippen LogP contribution in [0.25, 0.3) is 0 Å². The van der Waals surface area contributed by atoms with Crippen LogP contribution in [-0.4, -0.2) is 33.3 Å². The summed E-state index contributed by atoms with van der Waals surface area (Å²) in [6, 6.07) is 0. The van der Waals surface area contributed by atoms with Gasteiger partial charge in [-0.3, -0.25) is 9.59 Å². The van der Waals surface area contributed by atoms with Crippen LogP contribution in [0.3, 0.4) is 0 Å². The highest BCUT2D eigenvalue weighted by Gasteiger charge is 2.32. The molecular formula is C20H35NO4S. The van der Waals surface area contributed by atoms with Gasteiger partial charge in [-0.25, -0.2) is 4.79 Å². The molecule has 0 saturated carbocycles. The molecule has 6 heteroatoms. The molecule has 1 fully saturated rings. The largest absolute Gasteiger partial charge is 0.333 e. The summed E-state index contributed by atoms with van der Waals surface area (Å²) in [6.07, 6.45) is 11.0. The lowest BCUT2D eigenvalue weighted by Gasteiger charge is -2.21. The third-order valence-corrected chi connectivity index (χ3v) is 6.38. The number of hydrogen-bond acceptors (Lipinski definition) is 5. The van der Waals surface area contributed by atoms with Gasteiger partial charge in [0, 0.05) is 24.0 Å². The number of carbonyl (C=O) groups is 3. The van der Waals surface area contributed by atoms with Crippen molar-refractivity contribution >= 4 is 29.5 Å². The monoisotopic (exact) mass is 385 g/mol. The molecule has 0 unspecified atom stereocenters. The van der Waals surface area contributed by atoms with E-state index in [9.17, 15) is 14.4 Å². The lowest BCUT2D eigenvalue weighted by atomic mass is 10.1. The molecule has 1 aliphatic heterocycles. The van der Waals surface area contributed by atoms with Crippen LogP contribution >= 0.6 is 11.8 Å². The average Bonchev–Trinajstić information content (AvgIpc) is 2.91. The summed E-state index contributed by atoms with van der Waals surface area (Å²) in [5.41, 5.74) is 0. The van der Waals surface area contributed by atoms with Gasteiger partial charge in [0.15, 0.2) is 0 Å². The van der Waals surface area contributed by atoms with Crippen LogP contribution in [0, 0.1) is 0 Å². The van der Waals surface area contributed by atoms with Gasteiger partial charge in [0.1, 0.15) is 0 Å². The molecule has 0 radical (unpaired) electrons. The Balaban J connectivity index is 1.89. The number of hydrogen-bond donors (Lipinski definition) is 0. The van der Waals surface area contributed by atoms with Gasteiger partial charge in [-0.2, -0.15) is 11.8 Å². The number of hydroxylamine groups is 2. The molecule has 1 aliphatic rings. The number of unbranched alkanes of at least 4 members (excludes halogenated alkanes) is 7. The van der Waals surface area contributed by atoms with Crippen LogP contribution in [0.2, 0.25) is 0 Å². The molecule has 26 heavy (non-hydrogen) atoms. The van der Waals surface area contributed by atoms with E-state index < -0.39 is 17.8 Å². The zero-order valence-corrected chi connectivity index (χ0v) is 17.5. The molecule has 0 aromatic carbocycles. The molecule has 150 valence electrons. The molecule has 1 heterocycles. The maximum Gasteiger partial charge on any atom is 0.333 e. The Morgan fingerprint density at radius 3 is 2.00 bits per heavy atom. The number of imide groups is 1. The van der Waals surface area contributed by atoms with Crippen molar-refractivity contribution in [1.82, 2.24) is 5.06 Å². The van der Waals surface area contributed by atoms with Gasteiger partial charge in [0.25, 0.3) is 11.8 Å². The Kier molecular flexibility index (Phi) is 10.9. The molecule has 1 rings (SSSR count). The minimum atomic E-state index is -0.485. The molecule has 0 aromatic heterocycles. The van der Waals surface area contributed by atoms with E-state index in [1.807, 2.05) is 0 Å². The smallest absolute Gasteiger partial charge is 0.330 e. The van der Waals surface area contributed by atoms with Gasteiger partial charge in [-0.05, 0) is 25.0 Å². The van der Waals surface area contributed by atoms with Crippen molar-refractivity contribution < 1.29 is 19.2 Å². The van der Waals surface area contributed by atoms with E-state index >= 15 is 0 Å². The Bertz CT molecular complexity index is 449. The van der Waals surface area contributed by atoms with E-state index in [4.69, 9.17) is 4.84 Å². The van der Waals surface area contributed by atoms with Crippen molar-refractivity contribution in [1.29, 1.82) is 0 Å². The van der Waals surface area contributed by atoms with Crippen LogP contribution in [0.4, 0.5) is 0 Å². The van der Waals surface area contributed by atoms with Gasteiger partial charge in [0.05, 0.1) is 0 Å². The maximum atomic E-state index is 11.6. The van der Waals surface area contributed by atoms with Crippen LogP contribution in [0.1, 0.15) is 97.8 Å². The molecule has 0 aliphatic carbocycles. The van der Waals surface area contributed by atoms with Crippen LogP contribution in [0.15, 0.2) is 0 Å². The quantitative estimate of drug-likeness (QED) is 0.310. The predicted octanol–water partition coefficient (Wildman–Crippen LogP) is 5.03. The van der Waals surface area contributed by atoms with E-state index in [1.165, 1.54) is 44.3 Å². The summed E-state index contributed by atoms with van der Waals surface area (Å²) in [5.74, 6) is -0.0635. The van der Waals surface area contributed by atoms with Crippen molar-refractivity contribution in [3.05, 3.63) is 0 Å². The first-order valence-corrected chi connectivity index (χ1v) is 11.0. The van der Waals surface area contributed by atoms with Gasteiger partial charge in [-0.1, -0.05) is 59.3 Å². The Morgan fingerprint density at radius 1 is 0.962 bits per heavy atom. The van der Waals surface area contributed by atoms with Crippen LogP contribution in [-0.2, 0) is 19.2 Å². The summed E-state index contributed by atoms with van der Waals surface area (Å²) < 4.78 is 0.413. The maximum absolute atomic E-state index is 11.6. The van der Waals surface area contributed by atoms with Crippen molar-refractivity contribution in [3.63, 3.8) is 0 Å². The number of thioether (sulfide) groups is 1. The molecule has 0 bridgehead atoms. The van der Waals surface area contributed by atoms with Gasteiger partial charge in [-0.15, -0.1) is 5.06 Å². The Morgan fingerprint density at radius 2 is 1.46 bits per heavy atom. The zero-order valence-electron chi connectivity index (χ0n) is 16.7.